The van der Waals surface area contributed by atoms with Gasteiger partial charge in [-0.05, 0) is 35.7 Å². The van der Waals surface area contributed by atoms with Crippen LogP contribution in [0.2, 0.25) is 0 Å². The van der Waals surface area contributed by atoms with Crippen molar-refractivity contribution in [1.29, 1.82) is 0 Å². The number of aromatic nitrogens is 2. The van der Waals surface area contributed by atoms with E-state index in [2.05, 4.69) is 16.4 Å². The molecule has 0 aliphatic rings. The summed E-state index contributed by atoms with van der Waals surface area (Å²) in [5, 5.41) is 4.05. The van der Waals surface area contributed by atoms with Crippen molar-refractivity contribution in [3.63, 3.8) is 0 Å². The van der Waals surface area contributed by atoms with E-state index in [1.54, 1.807) is 22.2 Å². The van der Waals surface area contributed by atoms with E-state index in [0.717, 1.165) is 22.2 Å². The summed E-state index contributed by atoms with van der Waals surface area (Å²) in [7, 11) is 0. The molecular weight excluding hydrogens is 264 g/mol. The first-order valence-electron chi connectivity index (χ1n) is 5.71. The first-order valence-corrected chi connectivity index (χ1v) is 7.47. The quantitative estimate of drug-likeness (QED) is 0.737. The van der Waals surface area contributed by atoms with Crippen LogP contribution in [0.4, 0.5) is 0 Å². The molecule has 3 nitrogen and oxygen atoms in total. The van der Waals surface area contributed by atoms with Crippen LogP contribution in [0.5, 0.6) is 0 Å². The largest absolute Gasteiger partial charge is 0.298 e. The molecule has 5 heteroatoms. The maximum absolute atomic E-state index is 12.2. The number of fused-ring (bicyclic) bond motifs is 1. The summed E-state index contributed by atoms with van der Waals surface area (Å²) in [4.78, 5) is 17.9. The Labute approximate surface area is 112 Å². The second-order valence-electron chi connectivity index (χ2n) is 4.17. The molecule has 0 N–H and O–H groups in total. The third kappa shape index (κ3) is 2.00. The molecule has 3 aromatic rings. The second kappa shape index (κ2) is 4.66. The van der Waals surface area contributed by atoms with E-state index < -0.39 is 0 Å². The molecular formula is C13H12N2OS2. The Morgan fingerprint density at radius 1 is 1.39 bits per heavy atom. The van der Waals surface area contributed by atoms with Gasteiger partial charge in [0.2, 0.25) is 0 Å². The Morgan fingerprint density at radius 2 is 2.28 bits per heavy atom. The molecule has 0 spiro atoms. The SMILES string of the molecule is Cc1csc2c(=O)n(CCc3cccs3)cnc12. The minimum atomic E-state index is 0.0784. The zero-order chi connectivity index (χ0) is 12.5. The fourth-order valence-electron chi connectivity index (χ4n) is 1.91. The van der Waals surface area contributed by atoms with Gasteiger partial charge in [-0.25, -0.2) is 4.98 Å². The summed E-state index contributed by atoms with van der Waals surface area (Å²) in [6.45, 7) is 2.68. The van der Waals surface area contributed by atoms with Gasteiger partial charge >= 0.3 is 0 Å². The fourth-order valence-corrected chi connectivity index (χ4v) is 3.55. The van der Waals surface area contributed by atoms with Gasteiger partial charge in [-0.1, -0.05) is 6.07 Å². The lowest BCUT2D eigenvalue weighted by molar-refractivity contribution is 0.668. The molecule has 18 heavy (non-hydrogen) atoms. The van der Waals surface area contributed by atoms with Crippen molar-refractivity contribution in [1.82, 2.24) is 9.55 Å². The molecule has 0 unspecified atom stereocenters. The van der Waals surface area contributed by atoms with Crippen molar-refractivity contribution in [2.24, 2.45) is 0 Å². The van der Waals surface area contributed by atoms with Gasteiger partial charge in [0.05, 0.1) is 11.8 Å². The molecule has 92 valence electrons. The van der Waals surface area contributed by atoms with Gasteiger partial charge < -0.3 is 0 Å². The molecule has 0 amide bonds. The molecule has 0 fully saturated rings. The van der Waals surface area contributed by atoms with E-state index in [4.69, 9.17) is 0 Å². The summed E-state index contributed by atoms with van der Waals surface area (Å²) in [5.74, 6) is 0. The van der Waals surface area contributed by atoms with Crippen LogP contribution in [0, 0.1) is 6.92 Å². The summed E-state index contributed by atoms with van der Waals surface area (Å²) in [6, 6.07) is 4.13. The molecule has 0 saturated carbocycles. The molecule has 0 aromatic carbocycles. The summed E-state index contributed by atoms with van der Waals surface area (Å²) >= 11 is 3.21. The minimum absolute atomic E-state index is 0.0784. The fraction of sp³-hybridized carbons (Fsp3) is 0.231. The van der Waals surface area contributed by atoms with Crippen LogP contribution in [0.1, 0.15) is 10.4 Å². The Kier molecular flexibility index (Phi) is 3.01. The van der Waals surface area contributed by atoms with E-state index in [0.29, 0.717) is 6.54 Å². The van der Waals surface area contributed by atoms with Gasteiger partial charge in [-0.2, -0.15) is 0 Å². The predicted octanol–water partition coefficient (Wildman–Crippen LogP) is 3.07. The second-order valence-corrected chi connectivity index (χ2v) is 6.08. The average molecular weight is 276 g/mol. The van der Waals surface area contributed by atoms with Crippen molar-refractivity contribution in [3.8, 4) is 0 Å². The third-order valence-electron chi connectivity index (χ3n) is 2.90. The number of aryl methyl sites for hydroxylation is 3. The highest BCUT2D eigenvalue weighted by molar-refractivity contribution is 7.17. The Bertz CT molecular complexity index is 725. The molecule has 0 aliphatic carbocycles. The van der Waals surface area contributed by atoms with Gasteiger partial charge in [0.15, 0.2) is 0 Å². The van der Waals surface area contributed by atoms with Crippen molar-refractivity contribution < 1.29 is 0 Å². The molecule has 0 radical (unpaired) electrons. The topological polar surface area (TPSA) is 34.9 Å². The molecule has 0 saturated heterocycles. The molecule has 0 atom stereocenters. The number of rotatable bonds is 3. The zero-order valence-electron chi connectivity index (χ0n) is 9.92. The van der Waals surface area contributed by atoms with Gasteiger partial charge in [0, 0.05) is 11.4 Å². The maximum Gasteiger partial charge on any atom is 0.271 e. The Balaban J connectivity index is 1.93. The van der Waals surface area contributed by atoms with E-state index in [9.17, 15) is 4.79 Å². The molecule has 3 heterocycles. The number of thiophene rings is 2. The Hall–Kier alpha value is -1.46. The molecule has 0 bridgehead atoms. The number of hydrogen-bond acceptors (Lipinski definition) is 4. The highest BCUT2D eigenvalue weighted by Gasteiger charge is 2.08. The molecule has 3 rings (SSSR count). The highest BCUT2D eigenvalue weighted by Crippen LogP contribution is 2.19. The summed E-state index contributed by atoms with van der Waals surface area (Å²) in [6.07, 6.45) is 2.55. The van der Waals surface area contributed by atoms with Crippen LogP contribution >= 0.6 is 22.7 Å². The van der Waals surface area contributed by atoms with E-state index in [-0.39, 0.29) is 5.56 Å². The first-order chi connectivity index (χ1) is 8.75. The maximum atomic E-state index is 12.2. The van der Waals surface area contributed by atoms with Crippen molar-refractivity contribution in [2.75, 3.05) is 0 Å². The minimum Gasteiger partial charge on any atom is -0.298 e. The van der Waals surface area contributed by atoms with Crippen molar-refractivity contribution >= 4 is 32.9 Å². The van der Waals surface area contributed by atoms with Gasteiger partial charge in [0.1, 0.15) is 4.70 Å². The van der Waals surface area contributed by atoms with Gasteiger partial charge in [-0.3, -0.25) is 9.36 Å². The lowest BCUT2D eigenvalue weighted by Gasteiger charge is -2.03. The van der Waals surface area contributed by atoms with Crippen LogP contribution in [-0.4, -0.2) is 9.55 Å². The Morgan fingerprint density at radius 3 is 3.06 bits per heavy atom. The summed E-state index contributed by atoms with van der Waals surface area (Å²) in [5.41, 5.74) is 2.00. The molecule has 0 aliphatic heterocycles. The zero-order valence-corrected chi connectivity index (χ0v) is 11.6. The smallest absolute Gasteiger partial charge is 0.271 e. The van der Waals surface area contributed by atoms with Gasteiger partial charge in [0.25, 0.3) is 5.56 Å². The van der Waals surface area contributed by atoms with Crippen LogP contribution in [0.25, 0.3) is 10.2 Å². The van der Waals surface area contributed by atoms with Crippen molar-refractivity contribution in [2.45, 2.75) is 19.9 Å². The van der Waals surface area contributed by atoms with Crippen LogP contribution in [0.3, 0.4) is 0 Å². The third-order valence-corrected chi connectivity index (χ3v) is 4.91. The van der Waals surface area contributed by atoms with Crippen LogP contribution in [-0.2, 0) is 13.0 Å². The lowest BCUT2D eigenvalue weighted by Crippen LogP contribution is -2.20. The van der Waals surface area contributed by atoms with Gasteiger partial charge in [-0.15, -0.1) is 22.7 Å². The monoisotopic (exact) mass is 276 g/mol. The van der Waals surface area contributed by atoms with E-state index in [1.165, 1.54) is 16.2 Å². The average Bonchev–Trinajstić information content (AvgIpc) is 2.99. The normalized spacial score (nSPS) is 11.2. The van der Waals surface area contributed by atoms with E-state index >= 15 is 0 Å². The molecule has 3 aromatic heterocycles. The standard InChI is InChI=1S/C13H12N2OS2/c1-9-7-18-12-11(9)14-8-15(13(12)16)5-4-10-3-2-6-17-10/h2-3,6-8H,4-5H2,1H3. The van der Waals surface area contributed by atoms with Crippen LogP contribution in [0.15, 0.2) is 34.0 Å². The lowest BCUT2D eigenvalue weighted by atomic mass is 10.3. The van der Waals surface area contributed by atoms with E-state index in [1.807, 2.05) is 18.4 Å². The number of hydrogen-bond donors (Lipinski definition) is 0. The van der Waals surface area contributed by atoms with Crippen LogP contribution < -0.4 is 5.56 Å². The van der Waals surface area contributed by atoms with Crippen molar-refractivity contribution in [3.05, 3.63) is 50.0 Å². The number of nitrogens with zero attached hydrogens (tertiary/aromatic N) is 2. The summed E-state index contributed by atoms with van der Waals surface area (Å²) < 4.78 is 2.47. The first kappa shape index (κ1) is 11.6. The predicted molar refractivity (Wildman–Crippen MR) is 76.6 cm³/mol. The highest BCUT2D eigenvalue weighted by atomic mass is 32.1.